The van der Waals surface area contributed by atoms with Crippen molar-refractivity contribution in [2.75, 3.05) is 6.61 Å². The summed E-state index contributed by atoms with van der Waals surface area (Å²) in [6, 6.07) is 0.0824. The molecule has 0 aromatic rings. The van der Waals surface area contributed by atoms with E-state index in [4.69, 9.17) is 10.8 Å². The second-order valence-electron chi connectivity index (χ2n) is 2.94. The van der Waals surface area contributed by atoms with Gasteiger partial charge in [-0.1, -0.05) is 13.8 Å². The number of thioether (sulfide) groups is 1. The molecule has 0 radical (unpaired) electrons. The van der Waals surface area contributed by atoms with Crippen LogP contribution in [-0.4, -0.2) is 28.3 Å². The van der Waals surface area contributed by atoms with Gasteiger partial charge in [-0.2, -0.15) is 11.8 Å². The standard InChI is InChI=1S/C8H19NOS/c1-4-6(2)11-8(5-10)7(3)9/h6-8,10H,4-5,9H2,1-3H3. The largest absolute Gasteiger partial charge is 0.395 e. The van der Waals surface area contributed by atoms with Gasteiger partial charge in [0, 0.05) is 16.5 Å². The lowest BCUT2D eigenvalue weighted by atomic mass is 10.3. The fraction of sp³-hybridized carbons (Fsp3) is 1.00. The summed E-state index contributed by atoms with van der Waals surface area (Å²) >= 11 is 1.78. The molecule has 0 fully saturated rings. The Morgan fingerprint density at radius 3 is 2.27 bits per heavy atom. The van der Waals surface area contributed by atoms with E-state index in [9.17, 15) is 0 Å². The van der Waals surface area contributed by atoms with Crippen molar-refractivity contribution in [3.05, 3.63) is 0 Å². The molecule has 68 valence electrons. The molecule has 3 N–H and O–H groups in total. The lowest BCUT2D eigenvalue weighted by Gasteiger charge is -2.20. The minimum Gasteiger partial charge on any atom is -0.395 e. The summed E-state index contributed by atoms with van der Waals surface area (Å²) in [6.45, 7) is 6.44. The summed E-state index contributed by atoms with van der Waals surface area (Å²) in [5.74, 6) is 0. The van der Waals surface area contributed by atoms with Crippen LogP contribution in [0.15, 0.2) is 0 Å². The van der Waals surface area contributed by atoms with Crippen LogP contribution in [0.25, 0.3) is 0 Å². The molecule has 0 rings (SSSR count). The Morgan fingerprint density at radius 1 is 1.45 bits per heavy atom. The molecule has 0 saturated carbocycles. The van der Waals surface area contributed by atoms with Crippen molar-refractivity contribution < 1.29 is 5.11 Å². The zero-order valence-corrected chi connectivity index (χ0v) is 8.40. The number of hydrogen-bond acceptors (Lipinski definition) is 3. The molecule has 11 heavy (non-hydrogen) atoms. The highest BCUT2D eigenvalue weighted by Gasteiger charge is 2.15. The lowest BCUT2D eigenvalue weighted by Crippen LogP contribution is -2.33. The van der Waals surface area contributed by atoms with Gasteiger partial charge in [-0.05, 0) is 13.3 Å². The fourth-order valence-electron chi connectivity index (χ4n) is 0.728. The molecule has 2 nitrogen and oxygen atoms in total. The third kappa shape index (κ3) is 4.67. The van der Waals surface area contributed by atoms with Crippen molar-refractivity contribution in [3.63, 3.8) is 0 Å². The van der Waals surface area contributed by atoms with Gasteiger partial charge in [0.15, 0.2) is 0 Å². The highest BCUT2D eigenvalue weighted by molar-refractivity contribution is 8.00. The quantitative estimate of drug-likeness (QED) is 0.664. The zero-order chi connectivity index (χ0) is 8.85. The molecule has 0 aromatic carbocycles. The Balaban J connectivity index is 3.68. The van der Waals surface area contributed by atoms with Crippen LogP contribution in [0, 0.1) is 0 Å². The first kappa shape index (κ1) is 11.3. The molecule has 0 aliphatic carbocycles. The lowest BCUT2D eigenvalue weighted by molar-refractivity contribution is 0.285. The molecule has 0 aliphatic heterocycles. The van der Waals surface area contributed by atoms with Crippen LogP contribution < -0.4 is 5.73 Å². The Morgan fingerprint density at radius 2 is 2.00 bits per heavy atom. The molecular weight excluding hydrogens is 158 g/mol. The maximum Gasteiger partial charge on any atom is 0.0565 e. The molecular formula is C8H19NOS. The van der Waals surface area contributed by atoms with Gasteiger partial charge < -0.3 is 10.8 Å². The molecule has 3 heteroatoms. The highest BCUT2D eigenvalue weighted by atomic mass is 32.2. The Bertz CT molecular complexity index is 98.1. The maximum atomic E-state index is 8.94. The van der Waals surface area contributed by atoms with Gasteiger partial charge in [-0.15, -0.1) is 0 Å². The zero-order valence-electron chi connectivity index (χ0n) is 7.58. The number of aliphatic hydroxyl groups excluding tert-OH is 1. The second kappa shape index (κ2) is 5.86. The second-order valence-corrected chi connectivity index (χ2v) is 4.62. The summed E-state index contributed by atoms with van der Waals surface area (Å²) in [7, 11) is 0. The summed E-state index contributed by atoms with van der Waals surface area (Å²) in [6.07, 6.45) is 1.13. The Labute approximate surface area is 73.6 Å². The van der Waals surface area contributed by atoms with E-state index in [2.05, 4.69) is 13.8 Å². The van der Waals surface area contributed by atoms with Crippen LogP contribution in [0.5, 0.6) is 0 Å². The first-order chi connectivity index (χ1) is 5.11. The number of aliphatic hydroxyl groups is 1. The van der Waals surface area contributed by atoms with Gasteiger partial charge >= 0.3 is 0 Å². The predicted octanol–water partition coefficient (Wildman–Crippen LogP) is 1.23. The summed E-state index contributed by atoms with van der Waals surface area (Å²) < 4.78 is 0. The van der Waals surface area contributed by atoms with Crippen molar-refractivity contribution in [1.29, 1.82) is 0 Å². The summed E-state index contributed by atoms with van der Waals surface area (Å²) in [4.78, 5) is 0. The van der Waals surface area contributed by atoms with E-state index in [1.165, 1.54) is 0 Å². The van der Waals surface area contributed by atoms with Crippen LogP contribution >= 0.6 is 11.8 Å². The van der Waals surface area contributed by atoms with Gasteiger partial charge in [0.1, 0.15) is 0 Å². The van der Waals surface area contributed by atoms with Crippen molar-refractivity contribution in [1.82, 2.24) is 0 Å². The topological polar surface area (TPSA) is 46.2 Å². The number of rotatable bonds is 5. The van der Waals surface area contributed by atoms with Crippen molar-refractivity contribution in [3.8, 4) is 0 Å². The molecule has 0 heterocycles. The van der Waals surface area contributed by atoms with E-state index in [0.29, 0.717) is 5.25 Å². The fourth-order valence-corrected chi connectivity index (χ4v) is 1.85. The van der Waals surface area contributed by atoms with E-state index < -0.39 is 0 Å². The first-order valence-corrected chi connectivity index (χ1v) is 5.08. The van der Waals surface area contributed by atoms with Crippen molar-refractivity contribution in [2.24, 2.45) is 5.73 Å². The van der Waals surface area contributed by atoms with Gasteiger partial charge in [-0.3, -0.25) is 0 Å². The monoisotopic (exact) mass is 177 g/mol. The smallest absolute Gasteiger partial charge is 0.0565 e. The number of nitrogens with two attached hydrogens (primary N) is 1. The third-order valence-electron chi connectivity index (χ3n) is 1.75. The molecule has 0 aromatic heterocycles. The molecule has 0 bridgehead atoms. The van der Waals surface area contributed by atoms with Crippen molar-refractivity contribution in [2.45, 2.75) is 43.7 Å². The van der Waals surface area contributed by atoms with E-state index in [-0.39, 0.29) is 17.9 Å². The van der Waals surface area contributed by atoms with Crippen LogP contribution in [0.4, 0.5) is 0 Å². The Hall–Kier alpha value is 0.270. The SMILES string of the molecule is CCC(C)SC(CO)C(C)N. The van der Waals surface area contributed by atoms with Gasteiger partial charge in [0.25, 0.3) is 0 Å². The molecule has 3 unspecified atom stereocenters. The van der Waals surface area contributed by atoms with Crippen LogP contribution in [0.3, 0.4) is 0 Å². The van der Waals surface area contributed by atoms with Gasteiger partial charge in [0.2, 0.25) is 0 Å². The predicted molar refractivity (Wildman–Crippen MR) is 51.9 cm³/mol. The van der Waals surface area contributed by atoms with E-state index >= 15 is 0 Å². The van der Waals surface area contributed by atoms with Crippen molar-refractivity contribution >= 4 is 11.8 Å². The van der Waals surface area contributed by atoms with Crippen LogP contribution in [0.2, 0.25) is 0 Å². The summed E-state index contributed by atoms with van der Waals surface area (Å²) in [5.41, 5.74) is 5.67. The maximum absolute atomic E-state index is 8.94. The number of hydrogen-bond donors (Lipinski definition) is 2. The molecule has 0 spiro atoms. The average molecular weight is 177 g/mol. The highest BCUT2D eigenvalue weighted by Crippen LogP contribution is 2.21. The molecule has 0 saturated heterocycles. The minimum atomic E-state index is 0.0824. The Kier molecular flexibility index (Phi) is 6.01. The van der Waals surface area contributed by atoms with Crippen LogP contribution in [0.1, 0.15) is 27.2 Å². The average Bonchev–Trinajstić information content (AvgIpc) is 1.99. The van der Waals surface area contributed by atoms with E-state index in [1.54, 1.807) is 11.8 Å². The molecule has 3 atom stereocenters. The minimum absolute atomic E-state index is 0.0824. The first-order valence-electron chi connectivity index (χ1n) is 4.13. The summed E-state index contributed by atoms with van der Waals surface area (Å²) in [5, 5.41) is 9.73. The van der Waals surface area contributed by atoms with Gasteiger partial charge in [-0.25, -0.2) is 0 Å². The third-order valence-corrected chi connectivity index (χ3v) is 3.47. The van der Waals surface area contributed by atoms with E-state index in [0.717, 1.165) is 6.42 Å². The molecule has 0 aliphatic rings. The normalized spacial score (nSPS) is 19.4. The van der Waals surface area contributed by atoms with Gasteiger partial charge in [0.05, 0.1) is 6.61 Å². The van der Waals surface area contributed by atoms with Crippen LogP contribution in [-0.2, 0) is 0 Å². The van der Waals surface area contributed by atoms with E-state index in [1.807, 2.05) is 6.92 Å². The molecule has 0 amide bonds.